The molecule has 0 spiro atoms. The van der Waals surface area contributed by atoms with Crippen molar-refractivity contribution in [2.45, 2.75) is 5.41 Å². The van der Waals surface area contributed by atoms with Crippen molar-refractivity contribution < 1.29 is 4.74 Å². The molecule has 1 aliphatic rings. The van der Waals surface area contributed by atoms with Crippen LogP contribution in [0.5, 0.6) is 11.5 Å². The summed E-state index contributed by atoms with van der Waals surface area (Å²) in [6.07, 6.45) is 0. The summed E-state index contributed by atoms with van der Waals surface area (Å²) in [6, 6.07) is 72.8. The first-order chi connectivity index (χ1) is 28.7. The number of aromatic nitrogens is 3. The molecule has 0 unspecified atom stereocenters. The topological polar surface area (TPSA) is 71.7 Å². The van der Waals surface area contributed by atoms with E-state index in [0.29, 0.717) is 23.0 Å². The third kappa shape index (κ3) is 6.10. The molecule has 0 saturated heterocycles. The lowest BCUT2D eigenvalue weighted by Gasteiger charge is -2.41. The summed E-state index contributed by atoms with van der Waals surface area (Å²) >= 11 is 0. The summed E-state index contributed by atoms with van der Waals surface area (Å²) < 4.78 is 6.65. The highest BCUT2D eigenvalue weighted by Crippen LogP contribution is 2.55. The van der Waals surface area contributed by atoms with Crippen LogP contribution >= 0.6 is 0 Å². The zero-order valence-electron chi connectivity index (χ0n) is 31.3. The number of rotatable bonds is 7. The molecule has 0 saturated carbocycles. The number of nitriles is 1. The van der Waals surface area contributed by atoms with E-state index in [-0.39, 0.29) is 0 Å². The Bertz CT molecular complexity index is 2920. The van der Waals surface area contributed by atoms with E-state index in [4.69, 9.17) is 19.7 Å². The van der Waals surface area contributed by atoms with Gasteiger partial charge in [0.2, 0.25) is 0 Å². The van der Waals surface area contributed by atoms with Crippen molar-refractivity contribution >= 4 is 0 Å². The van der Waals surface area contributed by atoms with Gasteiger partial charge in [0.15, 0.2) is 17.5 Å². The second-order valence-electron chi connectivity index (χ2n) is 14.3. The molecule has 0 fully saturated rings. The first-order valence-corrected chi connectivity index (χ1v) is 19.2. The van der Waals surface area contributed by atoms with Crippen LogP contribution in [-0.2, 0) is 5.41 Å². The maximum atomic E-state index is 9.44. The van der Waals surface area contributed by atoms with Crippen molar-refractivity contribution in [1.82, 2.24) is 15.0 Å². The summed E-state index contributed by atoms with van der Waals surface area (Å²) in [7, 11) is 0. The molecular weight excluding hydrogens is 709 g/mol. The number of fused-ring (bicyclic) bond motifs is 2. The molecule has 9 aromatic rings. The van der Waals surface area contributed by atoms with Gasteiger partial charge in [-0.3, -0.25) is 0 Å². The van der Waals surface area contributed by atoms with Crippen LogP contribution in [0.1, 0.15) is 27.8 Å². The quantitative estimate of drug-likeness (QED) is 0.163. The van der Waals surface area contributed by atoms with Crippen molar-refractivity contribution in [3.8, 4) is 74.0 Å². The van der Waals surface area contributed by atoms with Crippen LogP contribution in [0.3, 0.4) is 0 Å². The number of ether oxygens (including phenoxy) is 1. The fourth-order valence-corrected chi connectivity index (χ4v) is 8.12. The van der Waals surface area contributed by atoms with Gasteiger partial charge in [0.25, 0.3) is 0 Å². The van der Waals surface area contributed by atoms with Crippen LogP contribution in [0.2, 0.25) is 0 Å². The van der Waals surface area contributed by atoms with E-state index < -0.39 is 5.41 Å². The van der Waals surface area contributed by atoms with Crippen molar-refractivity contribution in [3.63, 3.8) is 0 Å². The van der Waals surface area contributed by atoms with Crippen LogP contribution in [0.15, 0.2) is 206 Å². The molecule has 2 heterocycles. The molecule has 1 aliphatic heterocycles. The molecule has 1 aromatic heterocycles. The average Bonchev–Trinajstić information content (AvgIpc) is 3.31. The Morgan fingerprint density at radius 2 is 0.810 bits per heavy atom. The van der Waals surface area contributed by atoms with Crippen molar-refractivity contribution in [3.05, 3.63) is 234 Å². The smallest absolute Gasteiger partial charge is 0.164 e. The first-order valence-electron chi connectivity index (χ1n) is 19.2. The number of hydrogen-bond donors (Lipinski definition) is 0. The van der Waals surface area contributed by atoms with Gasteiger partial charge in [-0.1, -0.05) is 158 Å². The van der Waals surface area contributed by atoms with E-state index in [2.05, 4.69) is 152 Å². The molecule has 8 aromatic carbocycles. The van der Waals surface area contributed by atoms with E-state index >= 15 is 0 Å². The van der Waals surface area contributed by atoms with Crippen LogP contribution in [-0.4, -0.2) is 15.0 Å². The van der Waals surface area contributed by atoms with Gasteiger partial charge in [0, 0.05) is 27.8 Å². The minimum Gasteiger partial charge on any atom is -0.457 e. The highest BCUT2D eigenvalue weighted by Gasteiger charge is 2.45. The van der Waals surface area contributed by atoms with Crippen molar-refractivity contribution in [2.24, 2.45) is 0 Å². The number of para-hydroxylation sites is 1. The maximum absolute atomic E-state index is 9.44. The normalized spacial score (nSPS) is 12.4. The van der Waals surface area contributed by atoms with Crippen LogP contribution in [0.25, 0.3) is 56.4 Å². The van der Waals surface area contributed by atoms with Gasteiger partial charge in [-0.25, -0.2) is 15.0 Å². The van der Waals surface area contributed by atoms with E-state index in [1.807, 2.05) is 48.5 Å². The van der Waals surface area contributed by atoms with Gasteiger partial charge in [-0.2, -0.15) is 5.26 Å². The average molecular weight is 743 g/mol. The lowest BCUT2D eigenvalue weighted by atomic mass is 9.63. The Labute approximate surface area is 337 Å². The summed E-state index contributed by atoms with van der Waals surface area (Å²) in [5, 5.41) is 9.44. The predicted molar refractivity (Wildman–Crippen MR) is 230 cm³/mol. The molecule has 0 N–H and O–H groups in total. The number of benzene rings is 8. The van der Waals surface area contributed by atoms with Gasteiger partial charge >= 0.3 is 0 Å². The van der Waals surface area contributed by atoms with Gasteiger partial charge in [0.05, 0.1) is 17.0 Å². The molecule has 10 rings (SSSR count). The zero-order chi connectivity index (χ0) is 38.9. The van der Waals surface area contributed by atoms with E-state index in [0.717, 1.165) is 61.6 Å². The summed E-state index contributed by atoms with van der Waals surface area (Å²) in [5.41, 5.74) is 11.4. The third-order valence-electron chi connectivity index (χ3n) is 10.9. The Morgan fingerprint density at radius 1 is 0.362 bits per heavy atom. The monoisotopic (exact) mass is 742 g/mol. The van der Waals surface area contributed by atoms with Gasteiger partial charge in [0.1, 0.15) is 11.5 Å². The van der Waals surface area contributed by atoms with Crippen LogP contribution in [0, 0.1) is 11.3 Å². The Hall–Kier alpha value is -7.94. The highest BCUT2D eigenvalue weighted by atomic mass is 16.5. The third-order valence-corrected chi connectivity index (χ3v) is 10.9. The van der Waals surface area contributed by atoms with Crippen LogP contribution < -0.4 is 4.74 Å². The van der Waals surface area contributed by atoms with E-state index in [1.54, 1.807) is 12.1 Å². The second-order valence-corrected chi connectivity index (χ2v) is 14.3. The van der Waals surface area contributed by atoms with E-state index in [9.17, 15) is 5.26 Å². The molecule has 58 heavy (non-hydrogen) atoms. The lowest BCUT2D eigenvalue weighted by molar-refractivity contribution is 0.434. The second kappa shape index (κ2) is 14.6. The summed E-state index contributed by atoms with van der Waals surface area (Å²) in [6.45, 7) is 0. The molecule has 5 nitrogen and oxygen atoms in total. The molecule has 0 radical (unpaired) electrons. The zero-order valence-corrected chi connectivity index (χ0v) is 31.3. The van der Waals surface area contributed by atoms with Gasteiger partial charge in [-0.15, -0.1) is 0 Å². The molecule has 0 bridgehead atoms. The van der Waals surface area contributed by atoms with Crippen LogP contribution in [0.4, 0.5) is 0 Å². The number of hydrogen-bond acceptors (Lipinski definition) is 5. The predicted octanol–water partition coefficient (Wildman–Crippen LogP) is 12.6. The largest absolute Gasteiger partial charge is 0.457 e. The van der Waals surface area contributed by atoms with Gasteiger partial charge in [-0.05, 0) is 81.9 Å². The fraction of sp³-hybridized carbons (Fsp3) is 0.0189. The molecule has 0 amide bonds. The standard InChI is InChI=1S/C53H34N4O/c54-35-36-23-25-39(26-24-36)50-55-51(57-52(56-50)43-16-12-15-41(33-43)37-13-4-1-5-14-37)40-29-27-38(28-30-40)42-31-32-49-47(34-42)53(44-17-6-2-7-18-44,45-19-8-3-9-20-45)46-21-10-11-22-48(46)58-49/h1-34H. The highest BCUT2D eigenvalue weighted by molar-refractivity contribution is 5.77. The SMILES string of the molecule is N#Cc1ccc(-c2nc(-c3ccc(-c4ccc5c(c4)C(c4ccccc4)(c4ccccc4)c4ccccc4O5)cc3)nc(-c3cccc(-c4ccccc4)c3)n2)cc1. The minimum absolute atomic E-state index is 0.534. The fourth-order valence-electron chi connectivity index (χ4n) is 8.12. The molecule has 0 aliphatic carbocycles. The number of nitrogens with zero attached hydrogens (tertiary/aromatic N) is 4. The molecule has 272 valence electrons. The van der Waals surface area contributed by atoms with Crippen molar-refractivity contribution in [2.75, 3.05) is 0 Å². The van der Waals surface area contributed by atoms with E-state index in [1.165, 1.54) is 11.1 Å². The van der Waals surface area contributed by atoms with Gasteiger partial charge < -0.3 is 4.74 Å². The minimum atomic E-state index is -0.608. The lowest BCUT2D eigenvalue weighted by Crippen LogP contribution is -2.34. The first kappa shape index (κ1) is 34.5. The van der Waals surface area contributed by atoms with Crippen molar-refractivity contribution in [1.29, 1.82) is 5.26 Å². The molecular formula is C53H34N4O. The summed E-state index contributed by atoms with van der Waals surface area (Å²) in [4.78, 5) is 15.0. The Kier molecular flexibility index (Phi) is 8.70. The Balaban J connectivity index is 1.08. The summed E-state index contributed by atoms with van der Waals surface area (Å²) in [5.74, 6) is 3.34. The molecule has 0 atom stereocenters. The maximum Gasteiger partial charge on any atom is 0.164 e. The molecule has 5 heteroatoms. The Morgan fingerprint density at radius 3 is 1.45 bits per heavy atom.